The number of nitrogens with one attached hydrogen (secondary N) is 2. The normalized spacial score (nSPS) is 10.5. The monoisotopic (exact) mass is 470 g/mol. The zero-order valence-corrected chi connectivity index (χ0v) is 19.0. The molecule has 12 heteroatoms. The number of methoxy groups -OCH3 is 1. The highest BCUT2D eigenvalue weighted by Gasteiger charge is 2.16. The number of aryl methyl sites for hydroxylation is 1. The molecule has 0 radical (unpaired) electrons. The molecular weight excluding hydrogens is 448 g/mol. The zero-order valence-electron chi connectivity index (χ0n) is 18.2. The average molecular weight is 471 g/mol. The molecule has 1 aromatic heterocycles. The molecule has 0 spiro atoms. The molecule has 0 saturated carbocycles. The van der Waals surface area contributed by atoms with Gasteiger partial charge >= 0.3 is 0 Å². The first kappa shape index (κ1) is 23.7. The summed E-state index contributed by atoms with van der Waals surface area (Å²) in [5.41, 5.74) is 1.68. The predicted octanol–water partition coefficient (Wildman–Crippen LogP) is 2.95. The number of carbonyl (C=O) groups excluding carboxylic acids is 2. The number of amides is 2. The van der Waals surface area contributed by atoms with E-state index in [9.17, 15) is 19.7 Å². The van der Waals surface area contributed by atoms with Crippen LogP contribution in [0.4, 0.5) is 17.1 Å². The second-order valence-electron chi connectivity index (χ2n) is 7.00. The molecular formula is C21H22N6O5S. The SMILES string of the molecule is COc1ccc(NC(=O)Cc2nnc(SCC(=O)Nc3ccc([N+](=O)[O-])cc3C)n2C)cc1. The summed E-state index contributed by atoms with van der Waals surface area (Å²) in [6.07, 6.45) is 0.0181. The molecule has 0 aliphatic rings. The van der Waals surface area contributed by atoms with Crippen molar-refractivity contribution in [2.75, 3.05) is 23.5 Å². The summed E-state index contributed by atoms with van der Waals surface area (Å²) in [7, 11) is 3.29. The summed E-state index contributed by atoms with van der Waals surface area (Å²) < 4.78 is 6.75. The molecule has 11 nitrogen and oxygen atoms in total. The molecule has 2 aromatic carbocycles. The van der Waals surface area contributed by atoms with E-state index < -0.39 is 4.92 Å². The van der Waals surface area contributed by atoms with Gasteiger partial charge in [0.15, 0.2) is 5.16 Å². The molecule has 172 valence electrons. The summed E-state index contributed by atoms with van der Waals surface area (Å²) in [6, 6.07) is 11.2. The fourth-order valence-electron chi connectivity index (χ4n) is 2.87. The van der Waals surface area contributed by atoms with Crippen molar-refractivity contribution in [3.63, 3.8) is 0 Å². The van der Waals surface area contributed by atoms with E-state index in [0.717, 1.165) is 0 Å². The summed E-state index contributed by atoms with van der Waals surface area (Å²) in [5.74, 6) is 0.656. The van der Waals surface area contributed by atoms with Crippen molar-refractivity contribution in [1.82, 2.24) is 14.8 Å². The lowest BCUT2D eigenvalue weighted by atomic mass is 10.2. The van der Waals surface area contributed by atoms with Gasteiger partial charge in [-0.25, -0.2) is 0 Å². The van der Waals surface area contributed by atoms with Crippen LogP contribution in [0, 0.1) is 17.0 Å². The molecule has 3 rings (SSSR count). The largest absolute Gasteiger partial charge is 0.497 e. The third kappa shape index (κ3) is 6.29. The maximum absolute atomic E-state index is 12.3. The van der Waals surface area contributed by atoms with E-state index in [4.69, 9.17) is 4.74 Å². The fraction of sp³-hybridized carbons (Fsp3) is 0.238. The van der Waals surface area contributed by atoms with Gasteiger partial charge in [0.25, 0.3) is 5.69 Å². The highest BCUT2D eigenvalue weighted by atomic mass is 32.2. The number of carbonyl (C=O) groups is 2. The second-order valence-corrected chi connectivity index (χ2v) is 7.95. The van der Waals surface area contributed by atoms with Crippen molar-refractivity contribution in [3.8, 4) is 5.75 Å². The third-order valence-electron chi connectivity index (χ3n) is 4.64. The Morgan fingerprint density at radius 1 is 1.12 bits per heavy atom. The van der Waals surface area contributed by atoms with Gasteiger partial charge in [-0.3, -0.25) is 19.7 Å². The summed E-state index contributed by atoms with van der Waals surface area (Å²) in [6.45, 7) is 1.68. The van der Waals surface area contributed by atoms with E-state index in [1.807, 2.05) is 0 Å². The topological polar surface area (TPSA) is 141 Å². The zero-order chi connectivity index (χ0) is 24.0. The number of non-ortho nitro benzene ring substituents is 1. The van der Waals surface area contributed by atoms with E-state index in [1.165, 1.54) is 30.0 Å². The number of aromatic nitrogens is 3. The number of nitrogens with zero attached hydrogens (tertiary/aromatic N) is 4. The molecule has 0 fully saturated rings. The molecule has 2 amide bonds. The molecule has 3 aromatic rings. The van der Waals surface area contributed by atoms with Crippen LogP contribution < -0.4 is 15.4 Å². The molecule has 0 atom stereocenters. The summed E-state index contributed by atoms with van der Waals surface area (Å²) in [5, 5.41) is 24.9. The van der Waals surface area contributed by atoms with E-state index in [1.54, 1.807) is 49.9 Å². The van der Waals surface area contributed by atoms with Crippen LogP contribution in [0.25, 0.3) is 0 Å². The Morgan fingerprint density at radius 3 is 2.48 bits per heavy atom. The number of nitro groups is 1. The minimum Gasteiger partial charge on any atom is -0.497 e. The lowest BCUT2D eigenvalue weighted by Gasteiger charge is -2.08. The van der Waals surface area contributed by atoms with Crippen molar-refractivity contribution in [1.29, 1.82) is 0 Å². The predicted molar refractivity (Wildman–Crippen MR) is 124 cm³/mol. The van der Waals surface area contributed by atoms with Crippen LogP contribution in [-0.2, 0) is 23.1 Å². The highest BCUT2D eigenvalue weighted by Crippen LogP contribution is 2.22. The van der Waals surface area contributed by atoms with Crippen LogP contribution in [0.5, 0.6) is 5.75 Å². The van der Waals surface area contributed by atoms with Crippen LogP contribution in [0.3, 0.4) is 0 Å². The second kappa shape index (κ2) is 10.6. The number of benzene rings is 2. The van der Waals surface area contributed by atoms with Gasteiger partial charge in [0.05, 0.1) is 24.2 Å². The molecule has 2 N–H and O–H groups in total. The number of rotatable bonds is 9. The summed E-state index contributed by atoms with van der Waals surface area (Å²) in [4.78, 5) is 35.0. The van der Waals surface area contributed by atoms with Crippen molar-refractivity contribution in [2.24, 2.45) is 7.05 Å². The van der Waals surface area contributed by atoms with Gasteiger partial charge in [0.1, 0.15) is 11.6 Å². The Bertz CT molecular complexity index is 1180. The fourth-order valence-corrected chi connectivity index (χ4v) is 3.60. The van der Waals surface area contributed by atoms with Crippen molar-refractivity contribution >= 4 is 40.6 Å². The smallest absolute Gasteiger partial charge is 0.269 e. The van der Waals surface area contributed by atoms with E-state index in [0.29, 0.717) is 33.7 Å². The van der Waals surface area contributed by atoms with E-state index >= 15 is 0 Å². The van der Waals surface area contributed by atoms with Crippen LogP contribution in [0.15, 0.2) is 47.6 Å². The van der Waals surface area contributed by atoms with Gasteiger partial charge in [-0.2, -0.15) is 0 Å². The number of nitro benzene ring substituents is 1. The van der Waals surface area contributed by atoms with Gasteiger partial charge < -0.3 is 19.9 Å². The van der Waals surface area contributed by atoms with Crippen molar-refractivity contribution < 1.29 is 19.2 Å². The number of hydrogen-bond acceptors (Lipinski definition) is 8. The maximum atomic E-state index is 12.3. The molecule has 0 aliphatic heterocycles. The Kier molecular flexibility index (Phi) is 7.61. The number of hydrogen-bond donors (Lipinski definition) is 2. The molecule has 0 unspecified atom stereocenters. The first-order chi connectivity index (χ1) is 15.8. The Balaban J connectivity index is 1.53. The van der Waals surface area contributed by atoms with Crippen molar-refractivity contribution in [2.45, 2.75) is 18.5 Å². The molecule has 1 heterocycles. The summed E-state index contributed by atoms with van der Waals surface area (Å²) >= 11 is 1.17. The number of ether oxygens (including phenoxy) is 1. The van der Waals surface area contributed by atoms with Gasteiger partial charge in [-0.05, 0) is 42.8 Å². The Morgan fingerprint density at radius 2 is 1.85 bits per heavy atom. The van der Waals surface area contributed by atoms with Crippen LogP contribution in [0.2, 0.25) is 0 Å². The van der Waals surface area contributed by atoms with Crippen LogP contribution in [0.1, 0.15) is 11.4 Å². The van der Waals surface area contributed by atoms with Crippen LogP contribution in [-0.4, -0.2) is 44.4 Å². The van der Waals surface area contributed by atoms with E-state index in [-0.39, 0.29) is 29.7 Å². The average Bonchev–Trinajstić information content (AvgIpc) is 3.13. The molecule has 0 saturated heterocycles. The minimum absolute atomic E-state index is 0.0181. The van der Waals surface area contributed by atoms with Gasteiger partial charge in [-0.15, -0.1) is 10.2 Å². The molecule has 0 aliphatic carbocycles. The number of thioether (sulfide) groups is 1. The Hall–Kier alpha value is -3.93. The highest BCUT2D eigenvalue weighted by molar-refractivity contribution is 7.99. The molecule has 0 bridgehead atoms. The Labute approximate surface area is 193 Å². The lowest BCUT2D eigenvalue weighted by molar-refractivity contribution is -0.384. The van der Waals surface area contributed by atoms with Gasteiger partial charge in [-0.1, -0.05) is 11.8 Å². The van der Waals surface area contributed by atoms with E-state index in [2.05, 4.69) is 20.8 Å². The minimum atomic E-state index is -0.489. The first-order valence-electron chi connectivity index (χ1n) is 9.76. The number of anilines is 2. The molecule has 33 heavy (non-hydrogen) atoms. The first-order valence-corrected chi connectivity index (χ1v) is 10.7. The van der Waals surface area contributed by atoms with Crippen LogP contribution >= 0.6 is 11.8 Å². The van der Waals surface area contributed by atoms with Gasteiger partial charge in [0.2, 0.25) is 11.8 Å². The third-order valence-corrected chi connectivity index (χ3v) is 5.67. The maximum Gasteiger partial charge on any atom is 0.269 e. The quantitative estimate of drug-likeness (QED) is 0.276. The van der Waals surface area contributed by atoms with Crippen molar-refractivity contribution in [3.05, 3.63) is 64.0 Å². The lowest BCUT2D eigenvalue weighted by Crippen LogP contribution is -2.17. The van der Waals surface area contributed by atoms with Gasteiger partial charge in [0, 0.05) is 30.6 Å². The standard InChI is InChI=1S/C21H22N6O5S/c1-13-10-15(27(30)31)6-9-17(13)23-20(29)12-33-21-25-24-18(26(21)2)11-19(28)22-14-4-7-16(32-3)8-5-14/h4-10H,11-12H2,1-3H3,(H,22,28)(H,23,29).